The SMILES string of the molecule is COc1ccc(C(=O)NC(=Nc2cc(C)cc(C)c2)N2CCN(Cc3ccccc3F)CC2)cc1. The van der Waals surface area contributed by atoms with Gasteiger partial charge in [-0.1, -0.05) is 24.3 Å². The van der Waals surface area contributed by atoms with E-state index in [1.165, 1.54) is 6.07 Å². The first kappa shape index (κ1) is 24.4. The molecule has 0 aliphatic carbocycles. The Labute approximate surface area is 206 Å². The van der Waals surface area contributed by atoms with E-state index >= 15 is 0 Å². The fourth-order valence-electron chi connectivity index (χ4n) is 4.22. The van der Waals surface area contributed by atoms with Gasteiger partial charge in [0.25, 0.3) is 5.91 Å². The first-order valence-corrected chi connectivity index (χ1v) is 11.7. The number of guanidine groups is 1. The molecule has 182 valence electrons. The summed E-state index contributed by atoms with van der Waals surface area (Å²) < 4.78 is 19.3. The van der Waals surface area contributed by atoms with Crippen LogP contribution >= 0.6 is 0 Å². The Morgan fingerprint density at radius 2 is 1.63 bits per heavy atom. The molecule has 1 heterocycles. The summed E-state index contributed by atoms with van der Waals surface area (Å²) in [5.74, 6) is 0.793. The van der Waals surface area contributed by atoms with Crippen LogP contribution in [0.1, 0.15) is 27.0 Å². The number of benzene rings is 3. The highest BCUT2D eigenvalue weighted by Gasteiger charge is 2.22. The van der Waals surface area contributed by atoms with E-state index in [0.717, 1.165) is 29.9 Å². The van der Waals surface area contributed by atoms with Gasteiger partial charge >= 0.3 is 0 Å². The second-order valence-corrected chi connectivity index (χ2v) is 8.82. The third-order valence-corrected chi connectivity index (χ3v) is 6.04. The number of ether oxygens (including phenoxy) is 1. The van der Waals surface area contributed by atoms with E-state index in [2.05, 4.69) is 21.2 Å². The van der Waals surface area contributed by atoms with E-state index < -0.39 is 0 Å². The van der Waals surface area contributed by atoms with Gasteiger partial charge in [-0.05, 0) is 67.4 Å². The summed E-state index contributed by atoms with van der Waals surface area (Å²) in [6.45, 7) is 7.42. The van der Waals surface area contributed by atoms with Gasteiger partial charge in [-0.3, -0.25) is 15.0 Å². The molecule has 3 aromatic rings. The van der Waals surface area contributed by atoms with Crippen LogP contribution in [0.3, 0.4) is 0 Å². The molecule has 0 aromatic heterocycles. The molecule has 0 bridgehead atoms. The molecule has 1 saturated heterocycles. The Balaban J connectivity index is 1.52. The van der Waals surface area contributed by atoms with Crippen molar-refractivity contribution < 1.29 is 13.9 Å². The molecule has 4 rings (SSSR count). The minimum Gasteiger partial charge on any atom is -0.497 e. The summed E-state index contributed by atoms with van der Waals surface area (Å²) in [6, 6.07) is 20.0. The number of halogens is 1. The van der Waals surface area contributed by atoms with Crippen LogP contribution < -0.4 is 10.1 Å². The zero-order valence-corrected chi connectivity index (χ0v) is 20.4. The molecule has 0 unspecified atom stereocenters. The van der Waals surface area contributed by atoms with E-state index in [-0.39, 0.29) is 11.7 Å². The summed E-state index contributed by atoms with van der Waals surface area (Å²) in [7, 11) is 1.59. The predicted octanol–water partition coefficient (Wildman–Crippen LogP) is 4.69. The first-order valence-electron chi connectivity index (χ1n) is 11.7. The highest BCUT2D eigenvalue weighted by molar-refractivity contribution is 6.06. The zero-order chi connectivity index (χ0) is 24.8. The van der Waals surface area contributed by atoms with Gasteiger partial charge in [-0.15, -0.1) is 0 Å². The van der Waals surface area contributed by atoms with Crippen molar-refractivity contribution in [2.75, 3.05) is 33.3 Å². The molecule has 35 heavy (non-hydrogen) atoms. The Kier molecular flexibility index (Phi) is 7.77. The normalized spacial score (nSPS) is 14.6. The summed E-state index contributed by atoms with van der Waals surface area (Å²) in [4.78, 5) is 22.2. The number of hydrogen-bond donors (Lipinski definition) is 1. The highest BCUT2D eigenvalue weighted by Crippen LogP contribution is 2.19. The van der Waals surface area contributed by atoms with E-state index in [4.69, 9.17) is 9.73 Å². The second kappa shape index (κ2) is 11.1. The number of carbonyl (C=O) groups is 1. The van der Waals surface area contributed by atoms with Gasteiger partial charge in [0.05, 0.1) is 12.8 Å². The fourth-order valence-corrected chi connectivity index (χ4v) is 4.22. The van der Waals surface area contributed by atoms with Crippen molar-refractivity contribution >= 4 is 17.6 Å². The van der Waals surface area contributed by atoms with Crippen molar-refractivity contribution in [1.82, 2.24) is 15.1 Å². The first-order chi connectivity index (χ1) is 16.9. The maximum atomic E-state index is 14.1. The van der Waals surface area contributed by atoms with Crippen LogP contribution in [0.2, 0.25) is 0 Å². The lowest BCUT2D eigenvalue weighted by Gasteiger charge is -2.36. The number of piperazine rings is 1. The number of methoxy groups -OCH3 is 1. The maximum Gasteiger partial charge on any atom is 0.257 e. The third-order valence-electron chi connectivity index (χ3n) is 6.04. The van der Waals surface area contributed by atoms with Crippen molar-refractivity contribution in [2.24, 2.45) is 4.99 Å². The lowest BCUT2D eigenvalue weighted by Crippen LogP contribution is -2.53. The number of nitrogens with one attached hydrogen (secondary N) is 1. The number of hydrogen-bond acceptors (Lipinski definition) is 4. The summed E-state index contributed by atoms with van der Waals surface area (Å²) in [6.07, 6.45) is 0. The van der Waals surface area contributed by atoms with Gasteiger partial charge in [0.1, 0.15) is 11.6 Å². The van der Waals surface area contributed by atoms with E-state index in [0.29, 0.717) is 42.5 Å². The molecular formula is C28H31FN4O2. The van der Waals surface area contributed by atoms with E-state index in [9.17, 15) is 9.18 Å². The largest absolute Gasteiger partial charge is 0.497 e. The number of aryl methyl sites for hydroxylation is 2. The molecule has 0 radical (unpaired) electrons. The maximum absolute atomic E-state index is 14.1. The zero-order valence-electron chi connectivity index (χ0n) is 20.4. The number of rotatable bonds is 5. The molecule has 1 aliphatic heterocycles. The molecular weight excluding hydrogens is 443 g/mol. The Morgan fingerprint density at radius 1 is 0.971 bits per heavy atom. The molecule has 3 aromatic carbocycles. The predicted molar refractivity (Wildman–Crippen MR) is 137 cm³/mol. The average molecular weight is 475 g/mol. The van der Waals surface area contributed by atoms with Crippen LogP contribution in [0, 0.1) is 19.7 Å². The molecule has 1 fully saturated rings. The molecule has 0 atom stereocenters. The van der Waals surface area contributed by atoms with Gasteiger partial charge in [0.15, 0.2) is 0 Å². The minimum absolute atomic E-state index is 0.182. The van der Waals surface area contributed by atoms with Gasteiger partial charge in [0, 0.05) is 43.9 Å². The standard InChI is InChI=1S/C28H31FN4O2/c1-20-16-21(2)18-24(17-20)30-28(31-27(34)22-8-10-25(35-3)11-9-22)33-14-12-32(13-15-33)19-23-6-4-5-7-26(23)29/h4-11,16-18H,12-15,19H2,1-3H3,(H,30,31,34). The summed E-state index contributed by atoms with van der Waals surface area (Å²) in [5.41, 5.74) is 4.23. The Bertz CT molecular complexity index is 1180. The van der Waals surface area contributed by atoms with Crippen LogP contribution in [-0.2, 0) is 6.54 Å². The number of aliphatic imine (C=N–C) groups is 1. The lowest BCUT2D eigenvalue weighted by molar-refractivity contribution is 0.0967. The number of amides is 1. The quantitative estimate of drug-likeness (QED) is 0.431. The van der Waals surface area contributed by atoms with Gasteiger partial charge in [-0.25, -0.2) is 9.38 Å². The van der Waals surface area contributed by atoms with Crippen LogP contribution in [0.25, 0.3) is 0 Å². The van der Waals surface area contributed by atoms with Gasteiger partial charge in [0.2, 0.25) is 5.96 Å². The molecule has 0 saturated carbocycles. The van der Waals surface area contributed by atoms with Crippen molar-refractivity contribution in [2.45, 2.75) is 20.4 Å². The van der Waals surface area contributed by atoms with Crippen molar-refractivity contribution in [3.8, 4) is 5.75 Å². The second-order valence-electron chi connectivity index (χ2n) is 8.82. The topological polar surface area (TPSA) is 57.2 Å². The van der Waals surface area contributed by atoms with Crippen molar-refractivity contribution in [3.63, 3.8) is 0 Å². The average Bonchev–Trinajstić information content (AvgIpc) is 2.85. The van der Waals surface area contributed by atoms with E-state index in [1.54, 1.807) is 37.4 Å². The molecule has 7 heteroatoms. The number of nitrogens with zero attached hydrogens (tertiary/aromatic N) is 3. The van der Waals surface area contributed by atoms with Crippen LogP contribution in [0.15, 0.2) is 71.7 Å². The van der Waals surface area contributed by atoms with E-state index in [1.807, 2.05) is 38.1 Å². The molecule has 1 aliphatic rings. The summed E-state index contributed by atoms with van der Waals surface area (Å²) in [5, 5.41) is 3.02. The van der Waals surface area contributed by atoms with Crippen molar-refractivity contribution in [1.29, 1.82) is 0 Å². The Morgan fingerprint density at radius 3 is 2.26 bits per heavy atom. The van der Waals surface area contributed by atoms with Gasteiger partial charge in [-0.2, -0.15) is 0 Å². The minimum atomic E-state index is -0.232. The molecule has 0 spiro atoms. The Hall–Kier alpha value is -3.71. The molecule has 1 amide bonds. The summed E-state index contributed by atoms with van der Waals surface area (Å²) >= 11 is 0. The van der Waals surface area contributed by atoms with Gasteiger partial charge < -0.3 is 9.64 Å². The lowest BCUT2D eigenvalue weighted by atomic mass is 10.1. The van der Waals surface area contributed by atoms with Crippen LogP contribution in [-0.4, -0.2) is 55.0 Å². The molecule has 6 nitrogen and oxygen atoms in total. The fraction of sp³-hybridized carbons (Fsp3) is 0.286. The number of carbonyl (C=O) groups excluding carboxylic acids is 1. The monoisotopic (exact) mass is 474 g/mol. The smallest absolute Gasteiger partial charge is 0.257 e. The van der Waals surface area contributed by atoms with Crippen LogP contribution in [0.4, 0.5) is 10.1 Å². The third kappa shape index (κ3) is 6.45. The van der Waals surface area contributed by atoms with Crippen LogP contribution in [0.5, 0.6) is 5.75 Å². The highest BCUT2D eigenvalue weighted by atomic mass is 19.1. The molecule has 1 N–H and O–H groups in total. The van der Waals surface area contributed by atoms with Crippen molar-refractivity contribution in [3.05, 3.63) is 94.8 Å².